The van der Waals surface area contributed by atoms with Crippen molar-refractivity contribution in [1.29, 1.82) is 0 Å². The SMILES string of the molecule is CC(C)(C(=O)Cc1cc(Cl)ccc1Cl)N1CCCC1. The number of hydrogen-bond acceptors (Lipinski definition) is 2. The summed E-state index contributed by atoms with van der Waals surface area (Å²) in [5.74, 6) is 0.193. The summed E-state index contributed by atoms with van der Waals surface area (Å²) in [6.45, 7) is 6.00. The van der Waals surface area contributed by atoms with Gasteiger partial charge >= 0.3 is 0 Å². The lowest BCUT2D eigenvalue weighted by Gasteiger charge is -2.34. The first kappa shape index (κ1) is 14.8. The molecule has 0 saturated carbocycles. The first-order chi connectivity index (χ1) is 8.91. The number of halogens is 2. The molecule has 1 aromatic carbocycles. The van der Waals surface area contributed by atoms with Crippen LogP contribution < -0.4 is 0 Å². The minimum absolute atomic E-state index is 0.193. The Morgan fingerprint density at radius 2 is 1.89 bits per heavy atom. The number of nitrogens with zero attached hydrogens (tertiary/aromatic N) is 1. The molecule has 1 saturated heterocycles. The summed E-state index contributed by atoms with van der Waals surface area (Å²) in [5, 5.41) is 1.22. The van der Waals surface area contributed by atoms with Crippen LogP contribution in [0, 0.1) is 0 Å². The smallest absolute Gasteiger partial charge is 0.156 e. The van der Waals surface area contributed by atoms with Crippen LogP contribution in [0.5, 0.6) is 0 Å². The lowest BCUT2D eigenvalue weighted by atomic mass is 9.92. The van der Waals surface area contributed by atoms with E-state index in [0.717, 1.165) is 18.7 Å². The molecule has 0 unspecified atom stereocenters. The van der Waals surface area contributed by atoms with Crippen LogP contribution in [0.25, 0.3) is 0 Å². The maximum atomic E-state index is 12.5. The second-order valence-electron chi connectivity index (χ2n) is 5.59. The number of ketones is 1. The number of rotatable bonds is 4. The predicted octanol–water partition coefficient (Wildman–Crippen LogP) is 3.98. The van der Waals surface area contributed by atoms with Crippen LogP contribution in [0.2, 0.25) is 10.0 Å². The highest BCUT2D eigenvalue weighted by atomic mass is 35.5. The summed E-state index contributed by atoms with van der Waals surface area (Å²) in [5.41, 5.74) is 0.383. The molecular formula is C15H19Cl2NO. The number of hydrogen-bond donors (Lipinski definition) is 0. The van der Waals surface area contributed by atoms with E-state index in [2.05, 4.69) is 4.90 Å². The normalized spacial score (nSPS) is 16.8. The number of carbonyl (C=O) groups excluding carboxylic acids is 1. The summed E-state index contributed by atoms with van der Waals surface area (Å²) >= 11 is 12.1. The van der Waals surface area contributed by atoms with Crippen molar-refractivity contribution in [2.24, 2.45) is 0 Å². The summed E-state index contributed by atoms with van der Waals surface area (Å²) in [6, 6.07) is 5.26. The highest BCUT2D eigenvalue weighted by Crippen LogP contribution is 2.26. The van der Waals surface area contributed by atoms with Gasteiger partial charge in [-0.05, 0) is 63.5 Å². The highest BCUT2D eigenvalue weighted by molar-refractivity contribution is 6.33. The van der Waals surface area contributed by atoms with Gasteiger partial charge in [-0.15, -0.1) is 0 Å². The van der Waals surface area contributed by atoms with Crippen molar-refractivity contribution >= 4 is 29.0 Å². The Morgan fingerprint density at radius 3 is 2.53 bits per heavy atom. The monoisotopic (exact) mass is 299 g/mol. The maximum absolute atomic E-state index is 12.5. The van der Waals surface area contributed by atoms with E-state index in [1.54, 1.807) is 18.2 Å². The van der Waals surface area contributed by atoms with Crippen molar-refractivity contribution in [3.8, 4) is 0 Å². The van der Waals surface area contributed by atoms with Crippen LogP contribution in [0.3, 0.4) is 0 Å². The molecule has 2 rings (SSSR count). The van der Waals surface area contributed by atoms with Crippen molar-refractivity contribution in [2.45, 2.75) is 38.6 Å². The Labute approximate surface area is 124 Å². The number of carbonyl (C=O) groups is 1. The van der Waals surface area contributed by atoms with Crippen LogP contribution in [0.15, 0.2) is 18.2 Å². The first-order valence-electron chi connectivity index (χ1n) is 6.63. The molecule has 1 aliphatic heterocycles. The van der Waals surface area contributed by atoms with E-state index in [-0.39, 0.29) is 5.78 Å². The van der Waals surface area contributed by atoms with Crippen molar-refractivity contribution in [1.82, 2.24) is 4.90 Å². The van der Waals surface area contributed by atoms with Crippen molar-refractivity contribution in [2.75, 3.05) is 13.1 Å². The van der Waals surface area contributed by atoms with E-state index in [9.17, 15) is 4.79 Å². The molecule has 0 atom stereocenters. The zero-order valence-electron chi connectivity index (χ0n) is 11.4. The Morgan fingerprint density at radius 1 is 1.26 bits per heavy atom. The predicted molar refractivity (Wildman–Crippen MR) is 80.1 cm³/mol. The van der Waals surface area contributed by atoms with E-state index in [4.69, 9.17) is 23.2 Å². The molecule has 104 valence electrons. The molecule has 0 aliphatic carbocycles. The lowest BCUT2D eigenvalue weighted by Crippen LogP contribution is -2.49. The summed E-state index contributed by atoms with van der Waals surface area (Å²) < 4.78 is 0. The van der Waals surface area contributed by atoms with Crippen molar-refractivity contribution in [3.05, 3.63) is 33.8 Å². The fourth-order valence-corrected chi connectivity index (χ4v) is 2.90. The standard InChI is InChI=1S/C15H19Cl2NO/c1-15(2,18-7-3-4-8-18)14(19)10-11-9-12(16)5-6-13(11)17/h5-6,9H,3-4,7-8,10H2,1-2H3. The van der Waals surface area contributed by atoms with Gasteiger partial charge in [0.2, 0.25) is 0 Å². The molecule has 0 radical (unpaired) electrons. The zero-order valence-corrected chi connectivity index (χ0v) is 12.9. The number of likely N-dealkylation sites (tertiary alicyclic amines) is 1. The van der Waals surface area contributed by atoms with Gasteiger partial charge in [0.15, 0.2) is 5.78 Å². The van der Waals surface area contributed by atoms with E-state index >= 15 is 0 Å². The maximum Gasteiger partial charge on any atom is 0.156 e. The molecule has 1 aromatic rings. The number of benzene rings is 1. The zero-order chi connectivity index (χ0) is 14.0. The molecule has 0 bridgehead atoms. The van der Waals surface area contributed by atoms with E-state index in [1.165, 1.54) is 12.8 Å². The molecule has 1 aliphatic rings. The minimum atomic E-state index is -0.428. The van der Waals surface area contributed by atoms with Gasteiger partial charge in [-0.1, -0.05) is 23.2 Å². The average molecular weight is 300 g/mol. The summed E-state index contributed by atoms with van der Waals surface area (Å²) in [4.78, 5) is 14.8. The van der Waals surface area contributed by atoms with Crippen LogP contribution in [-0.2, 0) is 11.2 Å². The molecular weight excluding hydrogens is 281 g/mol. The van der Waals surface area contributed by atoms with Crippen LogP contribution in [0.1, 0.15) is 32.3 Å². The Kier molecular flexibility index (Phi) is 4.54. The molecule has 2 nitrogen and oxygen atoms in total. The quantitative estimate of drug-likeness (QED) is 0.838. The van der Waals surface area contributed by atoms with Gasteiger partial charge in [0.1, 0.15) is 0 Å². The van der Waals surface area contributed by atoms with E-state index in [0.29, 0.717) is 16.5 Å². The van der Waals surface area contributed by atoms with Gasteiger partial charge in [0.05, 0.1) is 5.54 Å². The van der Waals surface area contributed by atoms with Gasteiger partial charge in [0.25, 0.3) is 0 Å². The minimum Gasteiger partial charge on any atom is -0.297 e. The third-order valence-corrected chi connectivity index (χ3v) is 4.54. The van der Waals surface area contributed by atoms with Gasteiger partial charge in [-0.3, -0.25) is 9.69 Å². The fourth-order valence-electron chi connectivity index (χ4n) is 2.52. The Hall–Kier alpha value is -0.570. The lowest BCUT2D eigenvalue weighted by molar-refractivity contribution is -0.128. The third-order valence-electron chi connectivity index (χ3n) is 3.94. The van der Waals surface area contributed by atoms with Crippen LogP contribution in [0.4, 0.5) is 0 Å². The fraction of sp³-hybridized carbons (Fsp3) is 0.533. The molecule has 1 heterocycles. The molecule has 0 spiro atoms. The molecule has 0 N–H and O–H groups in total. The Bertz CT molecular complexity index is 479. The summed E-state index contributed by atoms with van der Waals surface area (Å²) in [6.07, 6.45) is 2.69. The van der Waals surface area contributed by atoms with Gasteiger partial charge in [-0.25, -0.2) is 0 Å². The topological polar surface area (TPSA) is 20.3 Å². The molecule has 19 heavy (non-hydrogen) atoms. The van der Waals surface area contributed by atoms with Crippen molar-refractivity contribution in [3.63, 3.8) is 0 Å². The largest absolute Gasteiger partial charge is 0.297 e. The van der Waals surface area contributed by atoms with Gasteiger partial charge in [0, 0.05) is 16.5 Å². The van der Waals surface area contributed by atoms with E-state index in [1.807, 2.05) is 13.8 Å². The van der Waals surface area contributed by atoms with Crippen molar-refractivity contribution < 1.29 is 4.79 Å². The number of Topliss-reactive ketones (excluding diaryl/α,β-unsaturated/α-hetero) is 1. The molecule has 0 amide bonds. The second-order valence-corrected chi connectivity index (χ2v) is 6.43. The molecule has 4 heteroatoms. The first-order valence-corrected chi connectivity index (χ1v) is 7.39. The molecule has 0 aromatic heterocycles. The Balaban J connectivity index is 2.13. The van der Waals surface area contributed by atoms with Gasteiger partial charge < -0.3 is 0 Å². The molecule has 1 fully saturated rings. The third kappa shape index (κ3) is 3.31. The average Bonchev–Trinajstić information content (AvgIpc) is 2.88. The van der Waals surface area contributed by atoms with Gasteiger partial charge in [-0.2, -0.15) is 0 Å². The van der Waals surface area contributed by atoms with Crippen LogP contribution in [-0.4, -0.2) is 29.3 Å². The van der Waals surface area contributed by atoms with Crippen LogP contribution >= 0.6 is 23.2 Å². The summed E-state index contributed by atoms with van der Waals surface area (Å²) in [7, 11) is 0. The highest BCUT2D eigenvalue weighted by Gasteiger charge is 2.35. The second kappa shape index (κ2) is 5.82. The van der Waals surface area contributed by atoms with E-state index < -0.39 is 5.54 Å².